The molecule has 2 fully saturated rings. The van der Waals surface area contributed by atoms with Gasteiger partial charge >= 0.3 is 0 Å². The van der Waals surface area contributed by atoms with Crippen molar-refractivity contribution in [3.63, 3.8) is 0 Å². The molecule has 1 N–H and O–H groups in total. The van der Waals surface area contributed by atoms with E-state index in [9.17, 15) is 4.79 Å². The van der Waals surface area contributed by atoms with Gasteiger partial charge in [0, 0.05) is 44.2 Å². The van der Waals surface area contributed by atoms with E-state index in [2.05, 4.69) is 15.3 Å². The second-order valence-electron chi connectivity index (χ2n) is 6.02. The number of carbonyl (C=O) groups excluding carboxylic acids is 1. The van der Waals surface area contributed by atoms with E-state index in [4.69, 9.17) is 9.47 Å². The number of thioether (sulfide) groups is 1. The first-order valence-electron chi connectivity index (χ1n) is 8.10. The quantitative estimate of drug-likeness (QED) is 0.667. The summed E-state index contributed by atoms with van der Waals surface area (Å²) in [5, 5.41) is 3.85. The van der Waals surface area contributed by atoms with Crippen molar-refractivity contribution in [3.8, 4) is 0 Å². The zero-order valence-electron chi connectivity index (χ0n) is 13.4. The first kappa shape index (κ1) is 16.7. The minimum Gasteiger partial charge on any atom is -0.381 e. The topological polar surface area (TPSA) is 73.3 Å². The molecule has 6 nitrogen and oxygen atoms in total. The van der Waals surface area contributed by atoms with Crippen LogP contribution >= 0.6 is 11.8 Å². The smallest absolute Gasteiger partial charge is 0.254 e. The number of hydrogen-bond acceptors (Lipinski definition) is 6. The molecule has 3 rings (SSSR count). The highest BCUT2D eigenvalue weighted by Crippen LogP contribution is 2.30. The van der Waals surface area contributed by atoms with Crippen LogP contribution in [0.3, 0.4) is 0 Å². The van der Waals surface area contributed by atoms with Crippen molar-refractivity contribution >= 4 is 17.7 Å². The Morgan fingerprint density at radius 1 is 1.17 bits per heavy atom. The molecule has 0 aromatic carbocycles. The predicted molar refractivity (Wildman–Crippen MR) is 87.5 cm³/mol. The minimum atomic E-state index is -0.0957. The third-order valence-electron chi connectivity index (χ3n) is 4.66. The zero-order valence-corrected chi connectivity index (χ0v) is 14.2. The second-order valence-corrected chi connectivity index (χ2v) is 6.79. The predicted octanol–water partition coefficient (Wildman–Crippen LogP) is 1.76. The largest absolute Gasteiger partial charge is 0.381 e. The monoisotopic (exact) mass is 337 g/mol. The molecule has 3 heterocycles. The second kappa shape index (κ2) is 8.08. The van der Waals surface area contributed by atoms with Gasteiger partial charge in [-0.15, -0.1) is 0 Å². The van der Waals surface area contributed by atoms with Crippen molar-refractivity contribution in [1.82, 2.24) is 15.3 Å². The van der Waals surface area contributed by atoms with E-state index >= 15 is 0 Å². The minimum absolute atomic E-state index is 0.0957. The van der Waals surface area contributed by atoms with E-state index in [-0.39, 0.29) is 11.9 Å². The molecule has 0 saturated carbocycles. The number of carbonyl (C=O) groups is 1. The summed E-state index contributed by atoms with van der Waals surface area (Å²) in [6.45, 7) is 3.04. The van der Waals surface area contributed by atoms with Crippen LogP contribution in [0.2, 0.25) is 0 Å². The van der Waals surface area contributed by atoms with E-state index < -0.39 is 0 Å². The summed E-state index contributed by atoms with van der Waals surface area (Å²) in [5.41, 5.74) is 0.514. The highest BCUT2D eigenvalue weighted by molar-refractivity contribution is 7.98. The molecule has 0 unspecified atom stereocenters. The van der Waals surface area contributed by atoms with Crippen LogP contribution in [0, 0.1) is 11.8 Å². The van der Waals surface area contributed by atoms with Crippen LogP contribution in [0.1, 0.15) is 29.6 Å². The number of nitrogens with one attached hydrogen (secondary N) is 1. The molecule has 2 saturated heterocycles. The molecule has 7 heteroatoms. The fourth-order valence-electron chi connectivity index (χ4n) is 3.34. The first-order valence-corrected chi connectivity index (χ1v) is 9.33. The maximum atomic E-state index is 12.5. The van der Waals surface area contributed by atoms with Gasteiger partial charge in [-0.2, -0.15) is 0 Å². The van der Waals surface area contributed by atoms with Gasteiger partial charge in [0.15, 0.2) is 5.16 Å². The van der Waals surface area contributed by atoms with Gasteiger partial charge in [-0.1, -0.05) is 11.8 Å². The van der Waals surface area contributed by atoms with Crippen molar-refractivity contribution in [1.29, 1.82) is 0 Å². The van der Waals surface area contributed by atoms with Crippen LogP contribution in [0.15, 0.2) is 17.6 Å². The molecular weight excluding hydrogens is 314 g/mol. The summed E-state index contributed by atoms with van der Waals surface area (Å²) in [5.74, 6) is 0.828. The fraction of sp³-hybridized carbons (Fsp3) is 0.688. The molecule has 0 radical (unpaired) electrons. The Morgan fingerprint density at radius 3 is 2.57 bits per heavy atom. The Labute approximate surface area is 140 Å². The summed E-state index contributed by atoms with van der Waals surface area (Å²) in [6.07, 6.45) is 8.05. The molecule has 23 heavy (non-hydrogen) atoms. The fourth-order valence-corrected chi connectivity index (χ4v) is 3.65. The molecule has 1 amide bonds. The lowest BCUT2D eigenvalue weighted by atomic mass is 9.79. The van der Waals surface area contributed by atoms with Crippen molar-refractivity contribution in [3.05, 3.63) is 18.0 Å². The Morgan fingerprint density at radius 2 is 1.87 bits per heavy atom. The van der Waals surface area contributed by atoms with Crippen LogP contribution < -0.4 is 5.32 Å². The number of aromatic nitrogens is 2. The van der Waals surface area contributed by atoms with E-state index in [1.54, 1.807) is 12.4 Å². The van der Waals surface area contributed by atoms with Gasteiger partial charge in [-0.25, -0.2) is 9.97 Å². The van der Waals surface area contributed by atoms with Gasteiger partial charge in [0.25, 0.3) is 5.91 Å². The molecule has 0 aliphatic carbocycles. The SMILES string of the molecule is CSc1ncc(C(=O)N[C@@H]2CCOC[C@@H]2C2CCOCC2)cn1. The van der Waals surface area contributed by atoms with Gasteiger partial charge in [0.1, 0.15) is 0 Å². The lowest BCUT2D eigenvalue weighted by molar-refractivity contribution is -0.0259. The number of rotatable bonds is 4. The summed E-state index contributed by atoms with van der Waals surface area (Å²) in [7, 11) is 0. The van der Waals surface area contributed by atoms with Crippen molar-refractivity contribution in [2.45, 2.75) is 30.5 Å². The Kier molecular flexibility index (Phi) is 5.85. The maximum Gasteiger partial charge on any atom is 0.254 e. The molecule has 1 aromatic rings. The van der Waals surface area contributed by atoms with Gasteiger partial charge in [0.2, 0.25) is 0 Å². The molecule has 1 aromatic heterocycles. The van der Waals surface area contributed by atoms with Gasteiger partial charge in [-0.05, 0) is 31.4 Å². The average molecular weight is 337 g/mol. The van der Waals surface area contributed by atoms with Crippen LogP contribution in [-0.2, 0) is 9.47 Å². The molecule has 0 spiro atoms. The zero-order chi connectivity index (χ0) is 16.1. The summed E-state index contributed by atoms with van der Waals surface area (Å²) >= 11 is 1.46. The van der Waals surface area contributed by atoms with E-state index in [1.807, 2.05) is 6.26 Å². The maximum absolute atomic E-state index is 12.5. The molecule has 2 aliphatic rings. The Balaban J connectivity index is 1.64. The van der Waals surface area contributed by atoms with Crippen LogP contribution in [-0.4, -0.2) is 54.6 Å². The molecule has 2 aliphatic heterocycles. The normalized spacial score (nSPS) is 26.0. The lowest BCUT2D eigenvalue weighted by Crippen LogP contribution is -2.49. The van der Waals surface area contributed by atoms with Crippen molar-refractivity contribution < 1.29 is 14.3 Å². The van der Waals surface area contributed by atoms with Crippen molar-refractivity contribution in [2.24, 2.45) is 11.8 Å². The first-order chi connectivity index (χ1) is 11.3. The van der Waals surface area contributed by atoms with Crippen LogP contribution in [0.5, 0.6) is 0 Å². The van der Waals surface area contributed by atoms with Crippen molar-refractivity contribution in [2.75, 3.05) is 32.7 Å². The number of amides is 1. The number of hydrogen-bond donors (Lipinski definition) is 1. The molecule has 126 valence electrons. The van der Waals surface area contributed by atoms with Gasteiger partial charge < -0.3 is 14.8 Å². The van der Waals surface area contributed by atoms with E-state index in [0.717, 1.165) is 39.1 Å². The lowest BCUT2D eigenvalue weighted by Gasteiger charge is -2.39. The molecule has 2 atom stereocenters. The standard InChI is InChI=1S/C16H23N3O3S/c1-23-16-17-8-12(9-18-16)15(20)19-14-4-7-22-10-13(14)11-2-5-21-6-3-11/h8-9,11,13-14H,2-7,10H2,1H3,(H,19,20)/t13-,14-/m1/s1. The average Bonchev–Trinajstić information content (AvgIpc) is 2.63. The van der Waals surface area contributed by atoms with Crippen LogP contribution in [0.4, 0.5) is 0 Å². The highest BCUT2D eigenvalue weighted by atomic mass is 32.2. The molecular formula is C16H23N3O3S. The third-order valence-corrected chi connectivity index (χ3v) is 5.24. The third kappa shape index (κ3) is 4.22. The summed E-state index contributed by atoms with van der Waals surface area (Å²) in [6, 6.07) is 0.152. The Hall–Kier alpha value is -1.18. The highest BCUT2D eigenvalue weighted by Gasteiger charge is 2.34. The summed E-state index contributed by atoms with van der Waals surface area (Å²) < 4.78 is 11.1. The summed E-state index contributed by atoms with van der Waals surface area (Å²) in [4.78, 5) is 20.8. The van der Waals surface area contributed by atoms with Crippen LogP contribution in [0.25, 0.3) is 0 Å². The van der Waals surface area contributed by atoms with E-state index in [1.165, 1.54) is 11.8 Å². The molecule has 0 bridgehead atoms. The van der Waals surface area contributed by atoms with Gasteiger partial charge in [-0.3, -0.25) is 4.79 Å². The number of nitrogens with zero attached hydrogens (tertiary/aromatic N) is 2. The number of ether oxygens (including phenoxy) is 2. The van der Waals surface area contributed by atoms with Gasteiger partial charge in [0.05, 0.1) is 12.2 Å². The van der Waals surface area contributed by atoms with E-state index in [0.29, 0.717) is 29.2 Å². The Bertz CT molecular complexity index is 520.